The van der Waals surface area contributed by atoms with E-state index in [0.717, 1.165) is 30.8 Å². The van der Waals surface area contributed by atoms with Gasteiger partial charge in [-0.05, 0) is 24.6 Å². The van der Waals surface area contributed by atoms with Gasteiger partial charge in [-0.3, -0.25) is 4.68 Å². The van der Waals surface area contributed by atoms with Crippen LogP contribution in [0.3, 0.4) is 0 Å². The average Bonchev–Trinajstić information content (AvgIpc) is 2.79. The van der Waals surface area contributed by atoms with E-state index in [1.54, 1.807) is 6.20 Å². The molecule has 1 aromatic heterocycles. The summed E-state index contributed by atoms with van der Waals surface area (Å²) >= 11 is 0. The zero-order valence-corrected chi connectivity index (χ0v) is 10.2. The summed E-state index contributed by atoms with van der Waals surface area (Å²) in [4.78, 5) is 0. The summed E-state index contributed by atoms with van der Waals surface area (Å²) in [5.74, 6) is -1.68. The van der Waals surface area contributed by atoms with Crippen molar-refractivity contribution in [3.05, 3.63) is 47.8 Å². The summed E-state index contributed by atoms with van der Waals surface area (Å²) in [6.45, 7) is 3.46. The summed E-state index contributed by atoms with van der Waals surface area (Å²) in [7, 11) is 0. The van der Waals surface area contributed by atoms with Crippen LogP contribution in [-0.4, -0.2) is 9.78 Å². The summed E-state index contributed by atoms with van der Waals surface area (Å²) < 4.78 is 27.7. The highest BCUT2D eigenvalue weighted by atomic mass is 19.2. The lowest BCUT2D eigenvalue weighted by atomic mass is 10.3. The second-order valence-corrected chi connectivity index (χ2v) is 4.03. The maximum atomic E-state index is 13.0. The normalized spacial score (nSPS) is 10.6. The van der Waals surface area contributed by atoms with E-state index < -0.39 is 11.6 Å². The third-order valence-corrected chi connectivity index (χ3v) is 2.63. The Hall–Kier alpha value is -1.91. The minimum Gasteiger partial charge on any atom is -0.379 e. The number of aryl methyl sites for hydroxylation is 1. The molecule has 18 heavy (non-hydrogen) atoms. The van der Waals surface area contributed by atoms with Gasteiger partial charge < -0.3 is 5.32 Å². The van der Waals surface area contributed by atoms with Gasteiger partial charge in [0.2, 0.25) is 0 Å². The van der Waals surface area contributed by atoms with Gasteiger partial charge in [-0.25, -0.2) is 8.78 Å². The fourth-order valence-corrected chi connectivity index (χ4v) is 1.72. The zero-order chi connectivity index (χ0) is 13.0. The molecule has 1 N–H and O–H groups in total. The van der Waals surface area contributed by atoms with E-state index in [0.29, 0.717) is 12.2 Å². The lowest BCUT2D eigenvalue weighted by Gasteiger charge is -2.09. The van der Waals surface area contributed by atoms with Gasteiger partial charge in [-0.1, -0.05) is 6.92 Å². The van der Waals surface area contributed by atoms with Crippen molar-refractivity contribution in [1.29, 1.82) is 0 Å². The molecular weight excluding hydrogens is 236 g/mol. The zero-order valence-electron chi connectivity index (χ0n) is 10.2. The molecule has 0 unspecified atom stereocenters. The number of hydrogen-bond donors (Lipinski definition) is 1. The van der Waals surface area contributed by atoms with Crippen LogP contribution in [0, 0.1) is 11.6 Å². The molecule has 1 aromatic carbocycles. The second kappa shape index (κ2) is 5.62. The van der Waals surface area contributed by atoms with Crippen LogP contribution in [0.1, 0.15) is 19.0 Å². The third kappa shape index (κ3) is 2.85. The van der Waals surface area contributed by atoms with E-state index >= 15 is 0 Å². The van der Waals surface area contributed by atoms with Crippen molar-refractivity contribution in [2.45, 2.75) is 26.4 Å². The molecule has 0 spiro atoms. The molecule has 96 valence electrons. The lowest BCUT2D eigenvalue weighted by Crippen LogP contribution is -2.09. The van der Waals surface area contributed by atoms with E-state index in [4.69, 9.17) is 0 Å². The van der Waals surface area contributed by atoms with Gasteiger partial charge in [0, 0.05) is 24.5 Å². The number of rotatable bonds is 5. The molecule has 0 aliphatic heterocycles. The topological polar surface area (TPSA) is 29.9 Å². The van der Waals surface area contributed by atoms with Gasteiger partial charge in [0.1, 0.15) is 0 Å². The predicted molar refractivity (Wildman–Crippen MR) is 66.2 cm³/mol. The smallest absolute Gasteiger partial charge is 0.160 e. The Morgan fingerprint density at radius 3 is 2.78 bits per heavy atom. The van der Waals surface area contributed by atoms with Gasteiger partial charge in [0.05, 0.1) is 12.2 Å². The minimum absolute atomic E-state index is 0.533. The average molecular weight is 251 g/mol. The van der Waals surface area contributed by atoms with Crippen LogP contribution in [-0.2, 0) is 13.1 Å². The van der Waals surface area contributed by atoms with Crippen molar-refractivity contribution in [3.8, 4) is 0 Å². The fourth-order valence-electron chi connectivity index (χ4n) is 1.72. The first kappa shape index (κ1) is 12.5. The van der Waals surface area contributed by atoms with E-state index in [1.807, 2.05) is 10.7 Å². The molecule has 0 saturated heterocycles. The van der Waals surface area contributed by atoms with Crippen LogP contribution >= 0.6 is 0 Å². The van der Waals surface area contributed by atoms with Crippen LogP contribution in [0.15, 0.2) is 30.5 Å². The molecule has 0 fully saturated rings. The predicted octanol–water partition coefficient (Wildman–Crippen LogP) is 3.18. The van der Waals surface area contributed by atoms with Crippen LogP contribution in [0.25, 0.3) is 0 Å². The number of hydrogen-bond acceptors (Lipinski definition) is 2. The van der Waals surface area contributed by atoms with Crippen molar-refractivity contribution in [2.24, 2.45) is 0 Å². The number of anilines is 1. The van der Waals surface area contributed by atoms with Crippen LogP contribution < -0.4 is 5.32 Å². The van der Waals surface area contributed by atoms with Crippen molar-refractivity contribution in [3.63, 3.8) is 0 Å². The number of aromatic nitrogens is 2. The Morgan fingerprint density at radius 2 is 2.06 bits per heavy atom. The molecule has 1 heterocycles. The summed E-state index contributed by atoms with van der Waals surface area (Å²) in [5, 5.41) is 7.24. The van der Waals surface area contributed by atoms with E-state index in [-0.39, 0.29) is 0 Å². The van der Waals surface area contributed by atoms with Crippen molar-refractivity contribution in [2.75, 3.05) is 5.32 Å². The van der Waals surface area contributed by atoms with Gasteiger partial charge >= 0.3 is 0 Å². The highest BCUT2D eigenvalue weighted by Crippen LogP contribution is 2.14. The van der Waals surface area contributed by atoms with Crippen LogP contribution in [0.4, 0.5) is 14.5 Å². The molecule has 5 heteroatoms. The number of nitrogens with zero attached hydrogens (tertiary/aromatic N) is 2. The molecule has 0 amide bonds. The number of nitrogens with one attached hydrogen (secondary N) is 1. The Labute approximate surface area is 104 Å². The highest BCUT2D eigenvalue weighted by molar-refractivity contribution is 5.43. The molecule has 0 aliphatic carbocycles. The molecule has 3 nitrogen and oxygen atoms in total. The molecule has 2 rings (SSSR count). The van der Waals surface area contributed by atoms with Crippen molar-refractivity contribution < 1.29 is 8.78 Å². The molecule has 2 aromatic rings. The summed E-state index contributed by atoms with van der Waals surface area (Å²) in [6, 6.07) is 5.68. The van der Waals surface area contributed by atoms with Gasteiger partial charge in [0.25, 0.3) is 0 Å². The number of benzene rings is 1. The van der Waals surface area contributed by atoms with Crippen molar-refractivity contribution in [1.82, 2.24) is 9.78 Å². The van der Waals surface area contributed by atoms with Gasteiger partial charge in [-0.15, -0.1) is 0 Å². The Kier molecular flexibility index (Phi) is 3.92. The fraction of sp³-hybridized carbons (Fsp3) is 0.308. The maximum absolute atomic E-state index is 13.0. The Bertz CT molecular complexity index is 523. The molecule has 0 radical (unpaired) electrons. The first-order valence-corrected chi connectivity index (χ1v) is 5.90. The molecule has 0 atom stereocenters. The number of halogens is 2. The standard InChI is InChI=1S/C13H15F2N3/c1-2-7-18-11(5-6-17-18)9-16-10-3-4-12(14)13(15)8-10/h3-6,8,16H,2,7,9H2,1H3. The van der Waals surface area contributed by atoms with Crippen LogP contribution in [0.2, 0.25) is 0 Å². The van der Waals surface area contributed by atoms with Crippen LogP contribution in [0.5, 0.6) is 0 Å². The second-order valence-electron chi connectivity index (χ2n) is 4.03. The van der Waals surface area contributed by atoms with E-state index in [1.165, 1.54) is 6.07 Å². The lowest BCUT2D eigenvalue weighted by molar-refractivity contribution is 0.509. The quantitative estimate of drug-likeness (QED) is 0.884. The largest absolute Gasteiger partial charge is 0.379 e. The molecular formula is C13H15F2N3. The maximum Gasteiger partial charge on any atom is 0.160 e. The SMILES string of the molecule is CCCn1nccc1CNc1ccc(F)c(F)c1. The van der Waals surface area contributed by atoms with Gasteiger partial charge in [-0.2, -0.15) is 5.10 Å². The Morgan fingerprint density at radius 1 is 1.22 bits per heavy atom. The first-order valence-electron chi connectivity index (χ1n) is 5.90. The molecule has 0 saturated carbocycles. The molecule has 0 bridgehead atoms. The summed E-state index contributed by atoms with van der Waals surface area (Å²) in [6.07, 6.45) is 2.73. The highest BCUT2D eigenvalue weighted by Gasteiger charge is 2.04. The molecule has 0 aliphatic rings. The third-order valence-electron chi connectivity index (χ3n) is 2.63. The monoisotopic (exact) mass is 251 g/mol. The van der Waals surface area contributed by atoms with Gasteiger partial charge in [0.15, 0.2) is 11.6 Å². The Balaban J connectivity index is 2.02. The van der Waals surface area contributed by atoms with E-state index in [2.05, 4.69) is 17.3 Å². The summed E-state index contributed by atoms with van der Waals surface area (Å²) in [5.41, 5.74) is 1.57. The first-order chi connectivity index (χ1) is 8.70. The minimum atomic E-state index is -0.845. The van der Waals surface area contributed by atoms with E-state index in [9.17, 15) is 8.78 Å². The van der Waals surface area contributed by atoms with Crippen molar-refractivity contribution >= 4 is 5.69 Å².